The summed E-state index contributed by atoms with van der Waals surface area (Å²) in [5.74, 6) is 0.178. The highest BCUT2D eigenvalue weighted by atomic mass is 32.2. The summed E-state index contributed by atoms with van der Waals surface area (Å²) in [5, 5.41) is 18.0. The molecule has 0 radical (unpaired) electrons. The number of nitro groups is 1. The van der Waals surface area contributed by atoms with E-state index in [-0.39, 0.29) is 17.3 Å². The monoisotopic (exact) mass is 382 g/mol. The Morgan fingerprint density at radius 1 is 1.11 bits per heavy atom. The van der Waals surface area contributed by atoms with E-state index >= 15 is 0 Å². The second kappa shape index (κ2) is 9.00. The molecule has 1 heterocycles. The van der Waals surface area contributed by atoms with E-state index < -0.39 is 4.92 Å². The largest absolute Gasteiger partial charge is 0.355 e. The Morgan fingerprint density at radius 3 is 2.56 bits per heavy atom. The van der Waals surface area contributed by atoms with E-state index in [1.807, 2.05) is 47.3 Å². The summed E-state index contributed by atoms with van der Waals surface area (Å²) in [4.78, 5) is 22.9. The van der Waals surface area contributed by atoms with Gasteiger partial charge in [0.15, 0.2) is 0 Å². The van der Waals surface area contributed by atoms with Crippen molar-refractivity contribution in [3.05, 3.63) is 82.7 Å². The fraction of sp³-hybridized carbons (Fsp3) is 0.158. The van der Waals surface area contributed by atoms with E-state index in [1.165, 1.54) is 23.9 Å². The van der Waals surface area contributed by atoms with Crippen molar-refractivity contribution in [1.29, 1.82) is 0 Å². The zero-order chi connectivity index (χ0) is 19.1. The minimum absolute atomic E-state index is 0.0405. The molecule has 0 bridgehead atoms. The topological polar surface area (TPSA) is 90.1 Å². The maximum atomic E-state index is 11.9. The predicted octanol–water partition coefficient (Wildman–Crippen LogP) is 3.23. The number of hydrogen-bond acceptors (Lipinski definition) is 5. The van der Waals surface area contributed by atoms with Crippen molar-refractivity contribution in [3.63, 3.8) is 0 Å². The van der Waals surface area contributed by atoms with Gasteiger partial charge in [-0.3, -0.25) is 14.9 Å². The van der Waals surface area contributed by atoms with Crippen molar-refractivity contribution in [2.75, 3.05) is 12.3 Å². The molecular formula is C19H18N4O3S. The summed E-state index contributed by atoms with van der Waals surface area (Å²) < 4.78 is 1.81. The average Bonchev–Trinajstić information content (AvgIpc) is 3.16. The lowest BCUT2D eigenvalue weighted by molar-refractivity contribution is -0.384. The van der Waals surface area contributed by atoms with Gasteiger partial charge in [-0.05, 0) is 30.3 Å². The van der Waals surface area contributed by atoms with Crippen molar-refractivity contribution < 1.29 is 9.72 Å². The molecule has 7 nitrogen and oxygen atoms in total. The quantitative estimate of drug-likeness (QED) is 0.367. The first kappa shape index (κ1) is 18.7. The van der Waals surface area contributed by atoms with Crippen LogP contribution in [0.1, 0.15) is 5.69 Å². The summed E-state index contributed by atoms with van der Waals surface area (Å²) in [6.07, 6.45) is 2.55. The van der Waals surface area contributed by atoms with Crippen LogP contribution in [0.4, 0.5) is 5.69 Å². The van der Waals surface area contributed by atoms with Crippen molar-refractivity contribution in [3.8, 4) is 5.69 Å². The summed E-state index contributed by atoms with van der Waals surface area (Å²) in [6, 6.07) is 17.9. The van der Waals surface area contributed by atoms with Crippen LogP contribution < -0.4 is 5.32 Å². The van der Waals surface area contributed by atoms with Gasteiger partial charge in [0, 0.05) is 36.2 Å². The molecule has 2 aromatic carbocycles. The number of carbonyl (C=O) groups excluding carboxylic acids is 1. The molecule has 27 heavy (non-hydrogen) atoms. The zero-order valence-corrected chi connectivity index (χ0v) is 15.3. The zero-order valence-electron chi connectivity index (χ0n) is 14.4. The van der Waals surface area contributed by atoms with Crippen molar-refractivity contribution in [2.24, 2.45) is 0 Å². The van der Waals surface area contributed by atoms with Crippen LogP contribution in [0.3, 0.4) is 0 Å². The van der Waals surface area contributed by atoms with Crippen LogP contribution in [0.25, 0.3) is 5.69 Å². The van der Waals surface area contributed by atoms with Crippen LogP contribution >= 0.6 is 11.8 Å². The molecule has 1 N–H and O–H groups in total. The number of aromatic nitrogens is 2. The maximum Gasteiger partial charge on any atom is 0.269 e. The van der Waals surface area contributed by atoms with E-state index in [4.69, 9.17) is 0 Å². The van der Waals surface area contributed by atoms with Gasteiger partial charge >= 0.3 is 0 Å². The fourth-order valence-corrected chi connectivity index (χ4v) is 3.14. The van der Waals surface area contributed by atoms with Crippen LogP contribution in [0, 0.1) is 10.1 Å². The number of nitro benzene ring substituents is 1. The number of carbonyl (C=O) groups is 1. The van der Waals surface area contributed by atoms with Crippen LogP contribution in [0.15, 0.2) is 71.8 Å². The van der Waals surface area contributed by atoms with Gasteiger partial charge in [-0.2, -0.15) is 5.10 Å². The van der Waals surface area contributed by atoms with Gasteiger partial charge in [0.1, 0.15) is 0 Å². The van der Waals surface area contributed by atoms with Gasteiger partial charge in [-0.15, -0.1) is 11.8 Å². The molecule has 138 valence electrons. The third-order valence-electron chi connectivity index (χ3n) is 3.79. The Kier molecular flexibility index (Phi) is 6.22. The molecule has 0 atom stereocenters. The van der Waals surface area contributed by atoms with Crippen molar-refractivity contribution >= 4 is 23.4 Å². The molecule has 0 aliphatic carbocycles. The minimum Gasteiger partial charge on any atom is -0.355 e. The second-order valence-corrected chi connectivity index (χ2v) is 6.78. The molecule has 0 fully saturated rings. The van der Waals surface area contributed by atoms with Crippen LogP contribution in [0.2, 0.25) is 0 Å². The van der Waals surface area contributed by atoms with Crippen LogP contribution in [-0.2, 0) is 11.2 Å². The number of para-hydroxylation sites is 1. The predicted molar refractivity (Wildman–Crippen MR) is 104 cm³/mol. The van der Waals surface area contributed by atoms with E-state index in [9.17, 15) is 14.9 Å². The first-order valence-corrected chi connectivity index (χ1v) is 9.34. The molecule has 0 spiro atoms. The van der Waals surface area contributed by atoms with Gasteiger partial charge in [-0.1, -0.05) is 18.2 Å². The molecule has 0 aliphatic rings. The van der Waals surface area contributed by atoms with E-state index in [1.54, 1.807) is 12.1 Å². The standard InChI is InChI=1S/C19H18N4O3S/c24-19(14-27-18-8-6-17(7-9-18)23(25)26)20-12-10-15-11-13-22(21-15)16-4-2-1-3-5-16/h1-9,11,13H,10,12,14H2,(H,20,24). The number of nitrogens with one attached hydrogen (secondary N) is 1. The highest BCUT2D eigenvalue weighted by molar-refractivity contribution is 8.00. The molecule has 0 unspecified atom stereocenters. The molecule has 1 amide bonds. The normalized spacial score (nSPS) is 10.5. The number of thioether (sulfide) groups is 1. The number of benzene rings is 2. The number of non-ortho nitro benzene ring substituents is 1. The highest BCUT2D eigenvalue weighted by Gasteiger charge is 2.07. The molecule has 8 heteroatoms. The lowest BCUT2D eigenvalue weighted by atomic mass is 10.3. The first-order chi connectivity index (χ1) is 13.1. The molecule has 3 rings (SSSR count). The van der Waals surface area contributed by atoms with E-state index in [0.717, 1.165) is 16.3 Å². The van der Waals surface area contributed by atoms with Gasteiger partial charge in [0.05, 0.1) is 22.1 Å². The van der Waals surface area contributed by atoms with Gasteiger partial charge in [-0.25, -0.2) is 4.68 Å². The Labute approximate surface area is 160 Å². The third kappa shape index (κ3) is 5.42. The molecule has 0 saturated heterocycles. The molecule has 1 aromatic heterocycles. The number of amides is 1. The smallest absolute Gasteiger partial charge is 0.269 e. The van der Waals surface area contributed by atoms with Gasteiger partial charge < -0.3 is 5.32 Å². The van der Waals surface area contributed by atoms with Gasteiger partial charge in [0.2, 0.25) is 5.91 Å². The maximum absolute atomic E-state index is 11.9. The van der Waals surface area contributed by atoms with Gasteiger partial charge in [0.25, 0.3) is 5.69 Å². The lowest BCUT2D eigenvalue weighted by Crippen LogP contribution is -2.27. The van der Waals surface area contributed by atoms with Crippen molar-refractivity contribution in [1.82, 2.24) is 15.1 Å². The van der Waals surface area contributed by atoms with Crippen LogP contribution in [-0.4, -0.2) is 32.9 Å². The SMILES string of the molecule is O=C(CSc1ccc([N+](=O)[O-])cc1)NCCc1ccn(-c2ccccc2)n1. The average molecular weight is 382 g/mol. The summed E-state index contributed by atoms with van der Waals surface area (Å²) in [7, 11) is 0. The summed E-state index contributed by atoms with van der Waals surface area (Å²) in [5.41, 5.74) is 1.94. The fourth-order valence-electron chi connectivity index (χ4n) is 2.41. The molecule has 0 saturated carbocycles. The molecule has 0 aliphatic heterocycles. The number of hydrogen-bond donors (Lipinski definition) is 1. The number of nitrogens with zero attached hydrogens (tertiary/aromatic N) is 3. The third-order valence-corrected chi connectivity index (χ3v) is 4.80. The van der Waals surface area contributed by atoms with Crippen LogP contribution in [0.5, 0.6) is 0 Å². The van der Waals surface area contributed by atoms with Crippen molar-refractivity contribution in [2.45, 2.75) is 11.3 Å². The summed E-state index contributed by atoms with van der Waals surface area (Å²) in [6.45, 7) is 0.505. The number of rotatable bonds is 8. The first-order valence-electron chi connectivity index (χ1n) is 8.36. The highest BCUT2D eigenvalue weighted by Crippen LogP contribution is 2.21. The van der Waals surface area contributed by atoms with E-state index in [0.29, 0.717) is 13.0 Å². The Balaban J connectivity index is 1.41. The lowest BCUT2D eigenvalue weighted by Gasteiger charge is -2.04. The Bertz CT molecular complexity index is 910. The Morgan fingerprint density at radius 2 is 1.85 bits per heavy atom. The van der Waals surface area contributed by atoms with E-state index in [2.05, 4.69) is 10.4 Å². The molecular weight excluding hydrogens is 364 g/mol. The minimum atomic E-state index is -0.444. The Hall–Kier alpha value is -3.13. The summed E-state index contributed by atoms with van der Waals surface area (Å²) >= 11 is 1.34. The molecule has 3 aromatic rings. The second-order valence-electron chi connectivity index (χ2n) is 5.73.